The highest BCUT2D eigenvalue weighted by molar-refractivity contribution is 6.83. The quantitative estimate of drug-likeness (QED) is 0.641. The number of H-pyrrole nitrogens is 1. The number of rotatable bonds is 3. The van der Waals surface area contributed by atoms with Gasteiger partial charge >= 0.3 is 6.03 Å². The normalized spacial score (nSPS) is 20.4. The van der Waals surface area contributed by atoms with Crippen LogP contribution in [0.5, 0.6) is 5.75 Å². The van der Waals surface area contributed by atoms with E-state index in [1.54, 1.807) is 4.90 Å². The number of nitrogens with one attached hydrogen (secondary N) is 2. The number of carbonyl (C=O) groups excluding carboxylic acids is 2. The van der Waals surface area contributed by atoms with Gasteiger partial charge in [0.2, 0.25) is 5.91 Å². The molecule has 1 aliphatic carbocycles. The molecular formula is C24H33N5O3Si. The largest absolute Gasteiger partial charge is 0.490 e. The Morgan fingerprint density at radius 2 is 1.91 bits per heavy atom. The molecule has 1 aromatic carbocycles. The van der Waals surface area contributed by atoms with Crippen molar-refractivity contribution < 1.29 is 14.3 Å². The van der Waals surface area contributed by atoms with Gasteiger partial charge in [0.25, 0.3) is 0 Å². The first-order valence-electron chi connectivity index (χ1n) is 11.8. The number of aromatic amines is 1. The lowest BCUT2D eigenvalue weighted by Gasteiger charge is -2.48. The molecule has 33 heavy (non-hydrogen) atoms. The van der Waals surface area contributed by atoms with E-state index in [9.17, 15) is 9.59 Å². The first-order chi connectivity index (χ1) is 15.6. The van der Waals surface area contributed by atoms with E-state index in [0.717, 1.165) is 42.0 Å². The summed E-state index contributed by atoms with van der Waals surface area (Å²) in [6, 6.07) is 7.55. The van der Waals surface area contributed by atoms with Crippen molar-refractivity contribution >= 4 is 31.5 Å². The third-order valence-corrected chi connectivity index (χ3v) is 11.6. The lowest BCUT2D eigenvalue weighted by Crippen LogP contribution is -2.52. The minimum Gasteiger partial charge on any atom is -0.490 e. The SMILES string of the molecule is CC1(C)c2[nH]nc(NC(=O)C3([Si](C)(C)C)CCC3)c2CN1C(=O)N1CCOc2ccccc21. The molecule has 1 aromatic heterocycles. The van der Waals surface area contributed by atoms with Crippen LogP contribution in [0.25, 0.3) is 0 Å². The molecule has 0 atom stereocenters. The lowest BCUT2D eigenvalue weighted by atomic mass is 9.83. The number of ether oxygens (including phenoxy) is 1. The number of para-hydroxylation sites is 2. The topological polar surface area (TPSA) is 90.6 Å². The molecule has 3 heterocycles. The van der Waals surface area contributed by atoms with Crippen molar-refractivity contribution in [2.24, 2.45) is 0 Å². The fourth-order valence-corrected chi connectivity index (χ4v) is 8.11. The maximum atomic E-state index is 13.7. The molecule has 0 spiro atoms. The predicted octanol–water partition coefficient (Wildman–Crippen LogP) is 4.68. The molecule has 176 valence electrons. The minimum atomic E-state index is -1.70. The summed E-state index contributed by atoms with van der Waals surface area (Å²) in [7, 11) is -1.70. The molecule has 0 unspecified atom stereocenters. The molecular weight excluding hydrogens is 434 g/mol. The number of amides is 3. The molecule has 2 aromatic rings. The minimum absolute atomic E-state index is 0.0739. The van der Waals surface area contributed by atoms with Gasteiger partial charge in [0.05, 0.1) is 38.1 Å². The summed E-state index contributed by atoms with van der Waals surface area (Å²) in [4.78, 5) is 30.7. The Morgan fingerprint density at radius 1 is 1.18 bits per heavy atom. The Balaban J connectivity index is 1.40. The summed E-state index contributed by atoms with van der Waals surface area (Å²) in [6.45, 7) is 12.2. The number of anilines is 2. The molecule has 1 saturated carbocycles. The number of aromatic nitrogens is 2. The number of fused-ring (bicyclic) bond motifs is 2. The lowest BCUT2D eigenvalue weighted by molar-refractivity contribution is -0.121. The number of hydrogen-bond donors (Lipinski definition) is 2. The van der Waals surface area contributed by atoms with Crippen LogP contribution in [-0.4, -0.2) is 48.3 Å². The van der Waals surface area contributed by atoms with Crippen LogP contribution in [0.1, 0.15) is 44.4 Å². The third kappa shape index (κ3) is 3.19. The maximum absolute atomic E-state index is 13.7. The van der Waals surface area contributed by atoms with Gasteiger partial charge in [-0.3, -0.25) is 14.8 Å². The van der Waals surface area contributed by atoms with Gasteiger partial charge in [0.15, 0.2) is 5.82 Å². The standard InChI is InChI=1S/C24H33N5O3Si/c1-23(2)19-16(20(27-26-19)25-21(30)24(11-8-12-24)33(3,4)5)15-29(23)22(31)28-13-14-32-18-10-7-6-9-17(18)28/h6-7,9-10H,8,11-15H2,1-5H3,(H2,25,26,27,30). The zero-order chi connectivity index (χ0) is 23.6. The molecule has 2 aliphatic heterocycles. The van der Waals surface area contributed by atoms with Gasteiger partial charge in [-0.2, -0.15) is 5.10 Å². The van der Waals surface area contributed by atoms with E-state index < -0.39 is 13.6 Å². The Labute approximate surface area is 195 Å². The highest BCUT2D eigenvalue weighted by Crippen LogP contribution is 2.56. The van der Waals surface area contributed by atoms with Crippen LogP contribution >= 0.6 is 0 Å². The number of carbonyl (C=O) groups is 2. The summed E-state index contributed by atoms with van der Waals surface area (Å²) in [5, 5.41) is 10.5. The van der Waals surface area contributed by atoms with Crippen molar-refractivity contribution in [2.75, 3.05) is 23.4 Å². The molecule has 9 heteroatoms. The van der Waals surface area contributed by atoms with Crippen LogP contribution in [0.15, 0.2) is 24.3 Å². The smallest absolute Gasteiger partial charge is 0.325 e. The van der Waals surface area contributed by atoms with E-state index in [-0.39, 0.29) is 17.0 Å². The molecule has 2 N–H and O–H groups in total. The van der Waals surface area contributed by atoms with E-state index in [1.165, 1.54) is 0 Å². The Bertz CT molecular complexity index is 1120. The molecule has 0 bridgehead atoms. The highest BCUT2D eigenvalue weighted by Gasteiger charge is 2.54. The van der Waals surface area contributed by atoms with E-state index in [4.69, 9.17) is 4.74 Å². The molecule has 3 amide bonds. The predicted molar refractivity (Wildman–Crippen MR) is 130 cm³/mol. The fraction of sp³-hybridized carbons (Fsp3) is 0.542. The van der Waals surface area contributed by atoms with E-state index >= 15 is 0 Å². The summed E-state index contributed by atoms with van der Waals surface area (Å²) in [5.41, 5.74) is 1.98. The van der Waals surface area contributed by atoms with Gasteiger partial charge in [0.1, 0.15) is 12.4 Å². The number of benzene rings is 1. The molecule has 3 aliphatic rings. The Hall–Kier alpha value is -2.81. The number of urea groups is 1. The first kappa shape index (κ1) is 22.0. The van der Waals surface area contributed by atoms with Crippen molar-refractivity contribution in [2.45, 2.75) is 69.9 Å². The zero-order valence-electron chi connectivity index (χ0n) is 20.1. The Morgan fingerprint density at radius 3 is 2.58 bits per heavy atom. The summed E-state index contributed by atoms with van der Waals surface area (Å²) >= 11 is 0. The Kier molecular flexibility index (Phi) is 4.90. The van der Waals surface area contributed by atoms with Gasteiger partial charge in [-0.25, -0.2) is 4.79 Å². The second-order valence-electron chi connectivity index (χ2n) is 11.0. The van der Waals surface area contributed by atoms with Gasteiger partial charge in [0, 0.05) is 10.6 Å². The fourth-order valence-electron chi connectivity index (χ4n) is 5.52. The second kappa shape index (κ2) is 7.35. The van der Waals surface area contributed by atoms with Crippen molar-refractivity contribution in [3.05, 3.63) is 35.5 Å². The van der Waals surface area contributed by atoms with E-state index in [2.05, 4.69) is 35.2 Å². The molecule has 8 nitrogen and oxygen atoms in total. The van der Waals surface area contributed by atoms with E-state index in [0.29, 0.717) is 25.5 Å². The summed E-state index contributed by atoms with van der Waals surface area (Å²) in [5.74, 6) is 1.37. The zero-order valence-corrected chi connectivity index (χ0v) is 21.1. The summed E-state index contributed by atoms with van der Waals surface area (Å²) < 4.78 is 5.73. The van der Waals surface area contributed by atoms with E-state index in [1.807, 2.05) is 43.0 Å². The van der Waals surface area contributed by atoms with Crippen LogP contribution in [0.3, 0.4) is 0 Å². The molecule has 0 radical (unpaired) electrons. The number of hydrogen-bond acceptors (Lipinski definition) is 4. The van der Waals surface area contributed by atoms with Crippen molar-refractivity contribution in [3.63, 3.8) is 0 Å². The van der Waals surface area contributed by atoms with Crippen LogP contribution < -0.4 is 15.0 Å². The average molecular weight is 468 g/mol. The maximum Gasteiger partial charge on any atom is 0.325 e. The van der Waals surface area contributed by atoms with Crippen LogP contribution in [0, 0.1) is 0 Å². The third-order valence-electron chi connectivity index (χ3n) is 7.97. The van der Waals surface area contributed by atoms with Crippen LogP contribution in [0.4, 0.5) is 16.3 Å². The van der Waals surface area contributed by atoms with Gasteiger partial charge in [-0.1, -0.05) is 38.2 Å². The molecule has 0 saturated heterocycles. The number of nitrogens with zero attached hydrogens (tertiary/aromatic N) is 3. The van der Waals surface area contributed by atoms with Crippen molar-refractivity contribution in [3.8, 4) is 5.75 Å². The van der Waals surface area contributed by atoms with Crippen LogP contribution in [-0.2, 0) is 16.9 Å². The van der Waals surface area contributed by atoms with Gasteiger partial charge in [-0.15, -0.1) is 0 Å². The average Bonchev–Trinajstić information content (AvgIpc) is 3.23. The monoisotopic (exact) mass is 467 g/mol. The molecule has 1 fully saturated rings. The second-order valence-corrected chi connectivity index (χ2v) is 16.4. The van der Waals surface area contributed by atoms with Crippen LogP contribution in [0.2, 0.25) is 24.7 Å². The molecule has 5 rings (SSSR count). The van der Waals surface area contributed by atoms with Gasteiger partial charge in [-0.05, 0) is 38.8 Å². The van der Waals surface area contributed by atoms with Crippen molar-refractivity contribution in [1.29, 1.82) is 0 Å². The summed E-state index contributed by atoms with van der Waals surface area (Å²) in [6.07, 6.45) is 3.01. The van der Waals surface area contributed by atoms with Gasteiger partial charge < -0.3 is 15.0 Å². The van der Waals surface area contributed by atoms with Crippen molar-refractivity contribution in [1.82, 2.24) is 15.1 Å². The highest BCUT2D eigenvalue weighted by atomic mass is 28.3. The first-order valence-corrected chi connectivity index (χ1v) is 15.3.